The zero-order chi connectivity index (χ0) is 16.9. The molecular formula is C17H23N3O2S. The van der Waals surface area contributed by atoms with E-state index in [0.29, 0.717) is 13.1 Å². The number of benzene rings is 1. The molecule has 0 bridgehead atoms. The summed E-state index contributed by atoms with van der Waals surface area (Å²) in [5, 5.41) is 9.10. The summed E-state index contributed by atoms with van der Waals surface area (Å²) in [7, 11) is 0. The van der Waals surface area contributed by atoms with Crippen molar-refractivity contribution in [1.29, 1.82) is 0 Å². The van der Waals surface area contributed by atoms with Gasteiger partial charge in [0, 0.05) is 29.7 Å². The fourth-order valence-corrected chi connectivity index (χ4v) is 2.56. The average molecular weight is 333 g/mol. The number of ether oxygens (including phenoxy) is 1. The largest absolute Gasteiger partial charge is 0.444 e. The highest BCUT2D eigenvalue weighted by Gasteiger charge is 2.15. The van der Waals surface area contributed by atoms with Crippen LogP contribution in [0.3, 0.4) is 0 Å². The van der Waals surface area contributed by atoms with E-state index in [4.69, 9.17) is 4.74 Å². The van der Waals surface area contributed by atoms with E-state index in [1.165, 1.54) is 0 Å². The molecule has 1 heterocycles. The molecule has 1 aromatic carbocycles. The minimum Gasteiger partial charge on any atom is -0.444 e. The number of amides is 1. The number of thiazole rings is 1. The Bertz CT molecular complexity index is 645. The molecule has 1 amide bonds. The molecule has 0 atom stereocenters. The maximum absolute atomic E-state index is 11.5. The Morgan fingerprint density at radius 1 is 1.22 bits per heavy atom. The molecule has 0 aliphatic rings. The van der Waals surface area contributed by atoms with Crippen molar-refractivity contribution in [3.63, 3.8) is 0 Å². The van der Waals surface area contributed by atoms with Gasteiger partial charge >= 0.3 is 6.09 Å². The fourth-order valence-electron chi connectivity index (χ4n) is 1.94. The number of nitrogens with zero attached hydrogens (tertiary/aromatic N) is 1. The van der Waals surface area contributed by atoms with Gasteiger partial charge < -0.3 is 15.4 Å². The van der Waals surface area contributed by atoms with Gasteiger partial charge in [-0.25, -0.2) is 9.78 Å². The van der Waals surface area contributed by atoms with Crippen molar-refractivity contribution in [3.8, 4) is 11.3 Å². The highest BCUT2D eigenvalue weighted by atomic mass is 32.1. The number of aryl methyl sites for hydroxylation is 1. The predicted octanol–water partition coefficient (Wildman–Crippen LogP) is 4.06. The zero-order valence-corrected chi connectivity index (χ0v) is 14.8. The second kappa shape index (κ2) is 7.46. The van der Waals surface area contributed by atoms with Crippen LogP contribution in [0, 0.1) is 6.92 Å². The van der Waals surface area contributed by atoms with Gasteiger partial charge in [0.05, 0.1) is 10.7 Å². The standard InChI is InChI=1S/C17H23N3O2S/c1-12-20-15(11-23-12)13-5-7-14(8-6-13)18-9-10-19-16(21)22-17(2,3)4/h5-8,11,18H,9-10H2,1-4H3,(H,19,21). The summed E-state index contributed by atoms with van der Waals surface area (Å²) in [6.07, 6.45) is -0.395. The number of carbonyl (C=O) groups excluding carboxylic acids is 1. The highest BCUT2D eigenvalue weighted by Crippen LogP contribution is 2.22. The molecule has 0 fully saturated rings. The van der Waals surface area contributed by atoms with Gasteiger partial charge in [0.25, 0.3) is 0 Å². The van der Waals surface area contributed by atoms with Crippen molar-refractivity contribution in [1.82, 2.24) is 10.3 Å². The van der Waals surface area contributed by atoms with Gasteiger partial charge in [-0.2, -0.15) is 0 Å². The second-order valence-electron chi connectivity index (χ2n) is 6.18. The predicted molar refractivity (Wildman–Crippen MR) is 95.0 cm³/mol. The molecule has 0 unspecified atom stereocenters. The van der Waals surface area contributed by atoms with Crippen LogP contribution in [0.5, 0.6) is 0 Å². The molecule has 0 spiro atoms. The number of hydrogen-bond acceptors (Lipinski definition) is 5. The zero-order valence-electron chi connectivity index (χ0n) is 14.0. The first-order chi connectivity index (χ1) is 10.8. The number of nitrogens with one attached hydrogen (secondary N) is 2. The van der Waals surface area contributed by atoms with Gasteiger partial charge in [-0.3, -0.25) is 0 Å². The molecule has 5 nitrogen and oxygen atoms in total. The first-order valence-electron chi connectivity index (χ1n) is 7.57. The van der Waals surface area contributed by atoms with Crippen molar-refractivity contribution < 1.29 is 9.53 Å². The van der Waals surface area contributed by atoms with Crippen molar-refractivity contribution in [2.24, 2.45) is 0 Å². The molecule has 2 N–H and O–H groups in total. The number of alkyl carbamates (subject to hydrolysis) is 1. The molecule has 124 valence electrons. The first kappa shape index (κ1) is 17.3. The van der Waals surface area contributed by atoms with Crippen LogP contribution in [-0.4, -0.2) is 29.8 Å². The van der Waals surface area contributed by atoms with Crippen LogP contribution in [0.15, 0.2) is 29.6 Å². The number of rotatable bonds is 5. The van der Waals surface area contributed by atoms with Crippen LogP contribution in [-0.2, 0) is 4.74 Å². The van der Waals surface area contributed by atoms with Gasteiger partial charge in [0.1, 0.15) is 5.60 Å². The van der Waals surface area contributed by atoms with Crippen LogP contribution >= 0.6 is 11.3 Å². The SMILES string of the molecule is Cc1nc(-c2ccc(NCCNC(=O)OC(C)(C)C)cc2)cs1. The third-order valence-corrected chi connectivity index (χ3v) is 3.70. The van der Waals surface area contributed by atoms with Crippen molar-refractivity contribution in [2.75, 3.05) is 18.4 Å². The van der Waals surface area contributed by atoms with Crippen LogP contribution in [0.2, 0.25) is 0 Å². The Balaban J connectivity index is 1.75. The number of anilines is 1. The van der Waals surface area contributed by atoms with Gasteiger partial charge in [-0.05, 0) is 39.8 Å². The summed E-state index contributed by atoms with van der Waals surface area (Å²) in [6, 6.07) is 8.10. The fraction of sp³-hybridized carbons (Fsp3) is 0.412. The summed E-state index contributed by atoms with van der Waals surface area (Å²) in [5.41, 5.74) is 2.64. The van der Waals surface area contributed by atoms with Crippen LogP contribution in [0.25, 0.3) is 11.3 Å². The molecule has 6 heteroatoms. The summed E-state index contributed by atoms with van der Waals surface area (Å²) >= 11 is 1.65. The Kier molecular flexibility index (Phi) is 5.60. The topological polar surface area (TPSA) is 63.2 Å². The van der Waals surface area contributed by atoms with E-state index in [9.17, 15) is 4.79 Å². The molecule has 2 rings (SSSR count). The number of carbonyl (C=O) groups is 1. The van der Waals surface area contributed by atoms with E-state index >= 15 is 0 Å². The normalized spacial score (nSPS) is 11.1. The molecule has 0 radical (unpaired) electrons. The first-order valence-corrected chi connectivity index (χ1v) is 8.45. The van der Waals surface area contributed by atoms with Crippen molar-refractivity contribution in [3.05, 3.63) is 34.7 Å². The molecular weight excluding hydrogens is 310 g/mol. The average Bonchev–Trinajstić information content (AvgIpc) is 2.89. The molecule has 2 aromatic rings. The maximum atomic E-state index is 11.5. The maximum Gasteiger partial charge on any atom is 0.407 e. The van der Waals surface area contributed by atoms with Crippen molar-refractivity contribution in [2.45, 2.75) is 33.3 Å². The Morgan fingerprint density at radius 2 is 1.91 bits per heavy atom. The van der Waals surface area contributed by atoms with Gasteiger partial charge in [0.15, 0.2) is 0 Å². The minimum atomic E-state index is -0.471. The lowest BCUT2D eigenvalue weighted by Gasteiger charge is -2.19. The molecule has 0 saturated carbocycles. The van der Waals surface area contributed by atoms with Gasteiger partial charge in [-0.15, -0.1) is 11.3 Å². The molecule has 0 aliphatic heterocycles. The summed E-state index contributed by atoms with van der Waals surface area (Å²) in [6.45, 7) is 8.67. The molecule has 0 saturated heterocycles. The van der Waals surface area contributed by atoms with E-state index in [1.54, 1.807) is 11.3 Å². The third kappa shape index (κ3) is 5.90. The monoisotopic (exact) mass is 333 g/mol. The summed E-state index contributed by atoms with van der Waals surface area (Å²) in [4.78, 5) is 16.0. The van der Waals surface area contributed by atoms with Crippen LogP contribution in [0.1, 0.15) is 25.8 Å². The molecule has 0 aliphatic carbocycles. The van der Waals surface area contributed by atoms with Crippen molar-refractivity contribution >= 4 is 23.1 Å². The molecule has 1 aromatic heterocycles. The Morgan fingerprint density at radius 3 is 2.48 bits per heavy atom. The lowest BCUT2D eigenvalue weighted by Crippen LogP contribution is -2.34. The lowest BCUT2D eigenvalue weighted by molar-refractivity contribution is 0.0530. The Hall–Kier alpha value is -2.08. The second-order valence-corrected chi connectivity index (χ2v) is 7.25. The number of aromatic nitrogens is 1. The summed E-state index contributed by atoms with van der Waals surface area (Å²) in [5.74, 6) is 0. The summed E-state index contributed by atoms with van der Waals surface area (Å²) < 4.78 is 5.17. The molecule has 23 heavy (non-hydrogen) atoms. The third-order valence-electron chi connectivity index (χ3n) is 2.92. The quantitative estimate of drug-likeness (QED) is 0.810. The highest BCUT2D eigenvalue weighted by molar-refractivity contribution is 7.09. The van der Waals surface area contributed by atoms with Gasteiger partial charge in [0.2, 0.25) is 0 Å². The lowest BCUT2D eigenvalue weighted by atomic mass is 10.1. The van der Waals surface area contributed by atoms with Gasteiger partial charge in [-0.1, -0.05) is 12.1 Å². The van der Waals surface area contributed by atoms with E-state index in [1.807, 2.05) is 52.0 Å². The van der Waals surface area contributed by atoms with E-state index < -0.39 is 11.7 Å². The van der Waals surface area contributed by atoms with E-state index in [2.05, 4.69) is 21.0 Å². The van der Waals surface area contributed by atoms with E-state index in [0.717, 1.165) is 22.0 Å². The minimum absolute atomic E-state index is 0.395. The van der Waals surface area contributed by atoms with E-state index in [-0.39, 0.29) is 0 Å². The Labute approximate surface area is 141 Å². The smallest absolute Gasteiger partial charge is 0.407 e. The van der Waals surface area contributed by atoms with Crippen LogP contribution < -0.4 is 10.6 Å². The number of hydrogen-bond donors (Lipinski definition) is 2. The van der Waals surface area contributed by atoms with Crippen LogP contribution in [0.4, 0.5) is 10.5 Å².